The first-order valence-electron chi connectivity index (χ1n) is 8.73. The summed E-state index contributed by atoms with van der Waals surface area (Å²) >= 11 is 0. The van der Waals surface area contributed by atoms with E-state index in [1.54, 1.807) is 38.5 Å². The molecule has 0 aliphatic heterocycles. The van der Waals surface area contributed by atoms with E-state index in [1.165, 1.54) is 10.9 Å². The molecule has 0 unspecified atom stereocenters. The van der Waals surface area contributed by atoms with E-state index in [0.29, 0.717) is 12.1 Å². The van der Waals surface area contributed by atoms with E-state index < -0.39 is 0 Å². The third-order valence-electron chi connectivity index (χ3n) is 5.25. The number of methoxy groups -OCH3 is 2. The molecule has 134 valence electrons. The molecule has 1 heterocycles. The second-order valence-electron chi connectivity index (χ2n) is 6.81. The van der Waals surface area contributed by atoms with Crippen LogP contribution in [0.25, 0.3) is 10.9 Å². The number of nitrogens with one attached hydrogen (secondary N) is 2. The van der Waals surface area contributed by atoms with Crippen LogP contribution >= 0.6 is 0 Å². The van der Waals surface area contributed by atoms with Gasteiger partial charge in [-0.1, -0.05) is 0 Å². The number of aromatic nitrogens is 1. The Bertz CT molecular complexity index is 940. The molecule has 5 heteroatoms. The Kier molecular flexibility index (Phi) is 4.07. The fourth-order valence-corrected chi connectivity index (χ4v) is 3.45. The summed E-state index contributed by atoms with van der Waals surface area (Å²) in [6.45, 7) is 0.627. The largest absolute Gasteiger partial charge is 0.497 e. The molecule has 0 bridgehead atoms. The number of hydrogen-bond donors (Lipinski definition) is 2. The van der Waals surface area contributed by atoms with Gasteiger partial charge in [-0.15, -0.1) is 0 Å². The summed E-state index contributed by atoms with van der Waals surface area (Å²) in [5.74, 6) is 1.53. The molecular weight excluding hydrogens is 328 g/mol. The van der Waals surface area contributed by atoms with Crippen molar-refractivity contribution >= 4 is 16.8 Å². The minimum atomic E-state index is -0.0589. The molecular formula is C21H22N2O3. The van der Waals surface area contributed by atoms with Gasteiger partial charge in [0.25, 0.3) is 5.91 Å². The fourth-order valence-electron chi connectivity index (χ4n) is 3.45. The molecule has 0 spiro atoms. The Balaban J connectivity index is 1.52. The zero-order chi connectivity index (χ0) is 18.1. The lowest BCUT2D eigenvalue weighted by molar-refractivity contribution is 0.0949. The molecule has 1 aliphatic carbocycles. The molecule has 1 aromatic heterocycles. The highest BCUT2D eigenvalue weighted by Crippen LogP contribution is 2.50. The van der Waals surface area contributed by atoms with Gasteiger partial charge in [-0.05, 0) is 60.9 Å². The summed E-state index contributed by atoms with van der Waals surface area (Å²) in [6.07, 6.45) is 4.21. The quantitative estimate of drug-likeness (QED) is 0.713. The highest BCUT2D eigenvalue weighted by atomic mass is 16.5. The number of carbonyl (C=O) groups is 1. The van der Waals surface area contributed by atoms with Crippen LogP contribution in [0.3, 0.4) is 0 Å². The first-order valence-corrected chi connectivity index (χ1v) is 8.73. The second-order valence-corrected chi connectivity index (χ2v) is 6.81. The lowest BCUT2D eigenvalue weighted by Crippen LogP contribution is -2.32. The fraction of sp³-hybridized carbons (Fsp3) is 0.286. The first-order chi connectivity index (χ1) is 12.6. The van der Waals surface area contributed by atoms with Crippen molar-refractivity contribution in [1.29, 1.82) is 0 Å². The number of H-pyrrole nitrogens is 1. The summed E-state index contributed by atoms with van der Waals surface area (Å²) in [7, 11) is 3.29. The van der Waals surface area contributed by atoms with Gasteiger partial charge < -0.3 is 19.8 Å². The predicted octanol–water partition coefficient (Wildman–Crippen LogP) is 3.65. The summed E-state index contributed by atoms with van der Waals surface area (Å²) in [4.78, 5) is 15.8. The highest BCUT2D eigenvalue weighted by molar-refractivity contribution is 5.94. The molecule has 2 N–H and O–H groups in total. The molecule has 0 saturated heterocycles. The molecule has 0 radical (unpaired) electrons. The lowest BCUT2D eigenvalue weighted by atomic mass is 9.95. The van der Waals surface area contributed by atoms with Crippen molar-refractivity contribution in [2.45, 2.75) is 18.3 Å². The zero-order valence-electron chi connectivity index (χ0n) is 15.0. The Morgan fingerprint density at radius 3 is 2.42 bits per heavy atom. The smallest absolute Gasteiger partial charge is 0.251 e. The van der Waals surface area contributed by atoms with E-state index in [4.69, 9.17) is 9.47 Å². The van der Waals surface area contributed by atoms with Gasteiger partial charge in [0.05, 0.1) is 14.2 Å². The van der Waals surface area contributed by atoms with Crippen LogP contribution in [-0.4, -0.2) is 31.7 Å². The Morgan fingerprint density at radius 2 is 1.77 bits per heavy atom. The molecule has 2 aromatic carbocycles. The van der Waals surface area contributed by atoms with Crippen molar-refractivity contribution in [3.8, 4) is 11.5 Å². The Morgan fingerprint density at radius 1 is 1.08 bits per heavy atom. The first kappa shape index (κ1) is 16.5. The molecule has 0 atom stereocenters. The summed E-state index contributed by atoms with van der Waals surface area (Å²) in [6, 6.07) is 13.2. The third kappa shape index (κ3) is 2.90. The Labute approximate surface area is 152 Å². The van der Waals surface area contributed by atoms with Crippen LogP contribution in [0.4, 0.5) is 0 Å². The van der Waals surface area contributed by atoms with E-state index in [0.717, 1.165) is 29.9 Å². The van der Waals surface area contributed by atoms with E-state index in [9.17, 15) is 4.79 Å². The van der Waals surface area contributed by atoms with E-state index in [1.807, 2.05) is 12.1 Å². The van der Waals surface area contributed by atoms with Gasteiger partial charge in [-0.25, -0.2) is 0 Å². The van der Waals surface area contributed by atoms with Crippen LogP contribution in [0.1, 0.15) is 28.8 Å². The molecule has 1 saturated carbocycles. The van der Waals surface area contributed by atoms with Gasteiger partial charge in [0.15, 0.2) is 0 Å². The number of fused-ring (bicyclic) bond motifs is 1. The molecule has 26 heavy (non-hydrogen) atoms. The van der Waals surface area contributed by atoms with Gasteiger partial charge in [-0.3, -0.25) is 4.79 Å². The average molecular weight is 350 g/mol. The van der Waals surface area contributed by atoms with Crippen molar-refractivity contribution < 1.29 is 14.3 Å². The minimum Gasteiger partial charge on any atom is -0.497 e. The Hall–Kier alpha value is -2.95. The predicted molar refractivity (Wildman–Crippen MR) is 101 cm³/mol. The van der Waals surface area contributed by atoms with Gasteiger partial charge in [0.1, 0.15) is 11.5 Å². The van der Waals surface area contributed by atoms with Gasteiger partial charge >= 0.3 is 0 Å². The van der Waals surface area contributed by atoms with Crippen molar-refractivity contribution in [2.75, 3.05) is 20.8 Å². The number of ether oxygens (including phenoxy) is 2. The zero-order valence-corrected chi connectivity index (χ0v) is 15.0. The van der Waals surface area contributed by atoms with Crippen molar-refractivity contribution in [3.63, 3.8) is 0 Å². The van der Waals surface area contributed by atoms with Crippen LogP contribution in [-0.2, 0) is 5.41 Å². The van der Waals surface area contributed by atoms with Crippen molar-refractivity contribution in [2.24, 2.45) is 0 Å². The van der Waals surface area contributed by atoms with Crippen LogP contribution in [0.2, 0.25) is 0 Å². The maximum absolute atomic E-state index is 12.5. The minimum absolute atomic E-state index is 0.00669. The van der Waals surface area contributed by atoms with Crippen molar-refractivity contribution in [3.05, 3.63) is 59.8 Å². The second kappa shape index (κ2) is 6.41. The van der Waals surface area contributed by atoms with Gasteiger partial charge in [0, 0.05) is 34.6 Å². The van der Waals surface area contributed by atoms with Crippen LogP contribution in [0, 0.1) is 0 Å². The normalized spacial score (nSPS) is 14.8. The standard InChI is InChI=1S/C21H22N2O3/c1-25-15-5-3-14(4-6-15)20(24)23-13-21(9-10-21)18-12-22-19-8-7-16(26-2)11-17(18)19/h3-8,11-12,22H,9-10,13H2,1-2H3,(H,23,24). The number of aromatic amines is 1. The van der Waals surface area contributed by atoms with E-state index in [2.05, 4.69) is 22.6 Å². The van der Waals surface area contributed by atoms with Crippen LogP contribution < -0.4 is 14.8 Å². The van der Waals surface area contributed by atoms with Gasteiger partial charge in [-0.2, -0.15) is 0 Å². The molecule has 1 amide bonds. The topological polar surface area (TPSA) is 63.3 Å². The maximum Gasteiger partial charge on any atom is 0.251 e. The van der Waals surface area contributed by atoms with Crippen molar-refractivity contribution in [1.82, 2.24) is 10.3 Å². The summed E-state index contributed by atoms with van der Waals surface area (Å²) in [5, 5.41) is 4.26. The average Bonchev–Trinajstić information content (AvgIpc) is 3.36. The molecule has 3 aromatic rings. The molecule has 5 nitrogen and oxygen atoms in total. The maximum atomic E-state index is 12.5. The van der Waals surface area contributed by atoms with E-state index in [-0.39, 0.29) is 11.3 Å². The third-order valence-corrected chi connectivity index (χ3v) is 5.25. The van der Waals surface area contributed by atoms with E-state index >= 15 is 0 Å². The molecule has 4 rings (SSSR count). The summed E-state index contributed by atoms with van der Waals surface area (Å²) in [5.41, 5.74) is 2.99. The molecule has 1 fully saturated rings. The monoisotopic (exact) mass is 350 g/mol. The number of amides is 1. The lowest BCUT2D eigenvalue weighted by Gasteiger charge is -2.16. The number of rotatable bonds is 6. The molecule has 1 aliphatic rings. The number of carbonyl (C=O) groups excluding carboxylic acids is 1. The van der Waals surface area contributed by atoms with Gasteiger partial charge in [0.2, 0.25) is 0 Å². The summed E-state index contributed by atoms with van der Waals surface area (Å²) < 4.78 is 10.5. The SMILES string of the molecule is COc1ccc(C(=O)NCC2(c3c[nH]c4ccc(OC)cc34)CC2)cc1. The highest BCUT2D eigenvalue weighted by Gasteiger charge is 2.45. The van der Waals surface area contributed by atoms with Crippen LogP contribution in [0.5, 0.6) is 11.5 Å². The number of hydrogen-bond acceptors (Lipinski definition) is 3. The van der Waals surface area contributed by atoms with Crippen LogP contribution in [0.15, 0.2) is 48.7 Å². The number of benzene rings is 2.